The number of nitrogens with two attached hydrogens (primary N) is 1. The summed E-state index contributed by atoms with van der Waals surface area (Å²) in [6, 6.07) is -1.48. The number of halogens is 3. The first-order valence-corrected chi connectivity index (χ1v) is 4.54. The van der Waals surface area contributed by atoms with Crippen molar-refractivity contribution in [1.82, 2.24) is 5.32 Å². The van der Waals surface area contributed by atoms with Crippen LogP contribution in [0.25, 0.3) is 0 Å². The van der Waals surface area contributed by atoms with Crippen LogP contribution in [-0.2, 0) is 9.59 Å². The van der Waals surface area contributed by atoms with Crippen LogP contribution in [0.4, 0.5) is 13.2 Å². The molecular formula is C9H13F3N2O3. The topological polar surface area (TPSA) is 92.4 Å². The van der Waals surface area contributed by atoms with Crippen LogP contribution in [0.3, 0.4) is 0 Å². The predicted molar refractivity (Wildman–Crippen MR) is 53.0 cm³/mol. The summed E-state index contributed by atoms with van der Waals surface area (Å²) in [5.74, 6) is -3.06. The number of aliphatic carboxylic acids is 1. The van der Waals surface area contributed by atoms with Gasteiger partial charge in [0.1, 0.15) is 6.04 Å². The standard InChI is InChI=1S/C9H13F3N2O3/c1-3-4-5(6(15)16)14-7(17)8(2,13)9(10,11)12/h3,5H,1,4,13H2,2H3,(H,14,17)(H,15,16). The zero-order valence-electron chi connectivity index (χ0n) is 9.04. The van der Waals surface area contributed by atoms with E-state index in [9.17, 15) is 22.8 Å². The van der Waals surface area contributed by atoms with Crippen molar-refractivity contribution < 1.29 is 27.9 Å². The Kier molecular flexibility index (Phi) is 4.70. The maximum absolute atomic E-state index is 12.4. The van der Waals surface area contributed by atoms with Crippen LogP contribution in [-0.4, -0.2) is 34.7 Å². The van der Waals surface area contributed by atoms with Gasteiger partial charge in [-0.3, -0.25) is 4.79 Å². The van der Waals surface area contributed by atoms with E-state index < -0.39 is 29.6 Å². The van der Waals surface area contributed by atoms with Crippen molar-refractivity contribution in [3.8, 4) is 0 Å². The van der Waals surface area contributed by atoms with Crippen molar-refractivity contribution in [2.45, 2.75) is 31.1 Å². The van der Waals surface area contributed by atoms with Crippen LogP contribution in [0.5, 0.6) is 0 Å². The average molecular weight is 254 g/mol. The van der Waals surface area contributed by atoms with Crippen LogP contribution in [0, 0.1) is 0 Å². The van der Waals surface area contributed by atoms with Gasteiger partial charge in [-0.2, -0.15) is 13.2 Å². The third-order valence-corrected chi connectivity index (χ3v) is 2.07. The molecular weight excluding hydrogens is 241 g/mol. The number of hydrogen-bond donors (Lipinski definition) is 3. The first-order chi connectivity index (χ1) is 7.54. The lowest BCUT2D eigenvalue weighted by Crippen LogP contribution is -2.63. The van der Waals surface area contributed by atoms with Gasteiger partial charge in [-0.1, -0.05) is 6.08 Å². The molecule has 4 N–H and O–H groups in total. The fourth-order valence-corrected chi connectivity index (χ4v) is 0.825. The molecule has 0 aliphatic carbocycles. The molecule has 17 heavy (non-hydrogen) atoms. The molecule has 0 aliphatic heterocycles. The lowest BCUT2D eigenvalue weighted by Gasteiger charge is -2.27. The quantitative estimate of drug-likeness (QED) is 0.619. The maximum Gasteiger partial charge on any atom is 0.415 e. The van der Waals surface area contributed by atoms with Crippen LogP contribution in [0.15, 0.2) is 12.7 Å². The summed E-state index contributed by atoms with van der Waals surface area (Å²) in [4.78, 5) is 21.9. The van der Waals surface area contributed by atoms with Crippen molar-refractivity contribution in [2.24, 2.45) is 5.73 Å². The number of carboxylic acid groups (broad SMARTS) is 1. The molecule has 0 saturated heterocycles. The van der Waals surface area contributed by atoms with E-state index >= 15 is 0 Å². The Labute approximate surface area is 95.5 Å². The zero-order valence-corrected chi connectivity index (χ0v) is 9.04. The number of carbonyl (C=O) groups excluding carboxylic acids is 1. The Balaban J connectivity index is 4.84. The van der Waals surface area contributed by atoms with Gasteiger partial charge in [0.25, 0.3) is 0 Å². The van der Waals surface area contributed by atoms with Crippen LogP contribution in [0.1, 0.15) is 13.3 Å². The van der Waals surface area contributed by atoms with Gasteiger partial charge < -0.3 is 16.2 Å². The molecule has 0 aromatic rings. The third kappa shape index (κ3) is 3.74. The Hall–Kier alpha value is -1.57. The largest absolute Gasteiger partial charge is 0.480 e. The monoisotopic (exact) mass is 254 g/mol. The molecule has 0 aromatic heterocycles. The summed E-state index contributed by atoms with van der Waals surface area (Å²) in [5, 5.41) is 10.3. The molecule has 0 aromatic carbocycles. The van der Waals surface area contributed by atoms with Gasteiger partial charge in [0, 0.05) is 0 Å². The van der Waals surface area contributed by atoms with Gasteiger partial charge in [0.15, 0.2) is 5.54 Å². The molecule has 0 fully saturated rings. The molecule has 0 rings (SSSR count). The fourth-order valence-electron chi connectivity index (χ4n) is 0.825. The van der Waals surface area contributed by atoms with E-state index in [1.54, 1.807) is 5.32 Å². The van der Waals surface area contributed by atoms with E-state index in [2.05, 4.69) is 6.58 Å². The smallest absolute Gasteiger partial charge is 0.415 e. The van der Waals surface area contributed by atoms with E-state index in [-0.39, 0.29) is 6.42 Å². The molecule has 2 unspecified atom stereocenters. The number of alkyl halides is 3. The second kappa shape index (κ2) is 5.17. The number of amides is 1. The minimum absolute atomic E-state index is 0.199. The Morgan fingerprint density at radius 2 is 2.00 bits per heavy atom. The van der Waals surface area contributed by atoms with E-state index in [0.717, 1.165) is 0 Å². The van der Waals surface area contributed by atoms with Crippen molar-refractivity contribution in [1.29, 1.82) is 0 Å². The summed E-state index contributed by atoms with van der Waals surface area (Å²) in [7, 11) is 0. The predicted octanol–water partition coefficient (Wildman–Crippen LogP) is 0.412. The molecule has 5 nitrogen and oxygen atoms in total. The van der Waals surface area contributed by atoms with Crippen LogP contribution in [0.2, 0.25) is 0 Å². The molecule has 0 saturated carbocycles. The molecule has 0 radical (unpaired) electrons. The summed E-state index contributed by atoms with van der Waals surface area (Å²) in [6.07, 6.45) is -4.00. The normalized spacial score (nSPS) is 16.8. The number of hydrogen-bond acceptors (Lipinski definition) is 3. The SMILES string of the molecule is C=CCC(NC(=O)C(C)(N)C(F)(F)F)C(=O)O. The van der Waals surface area contributed by atoms with Crippen molar-refractivity contribution in [3.63, 3.8) is 0 Å². The summed E-state index contributed by atoms with van der Waals surface area (Å²) >= 11 is 0. The van der Waals surface area contributed by atoms with E-state index in [1.807, 2.05) is 0 Å². The van der Waals surface area contributed by atoms with Gasteiger partial charge in [0.2, 0.25) is 5.91 Å². The highest BCUT2D eigenvalue weighted by Gasteiger charge is 2.54. The maximum atomic E-state index is 12.4. The molecule has 2 atom stereocenters. The first-order valence-electron chi connectivity index (χ1n) is 4.54. The first kappa shape index (κ1) is 15.4. The zero-order chi connectivity index (χ0) is 13.9. The molecule has 0 bridgehead atoms. The highest BCUT2D eigenvalue weighted by Crippen LogP contribution is 2.28. The number of carbonyl (C=O) groups is 2. The number of nitrogens with one attached hydrogen (secondary N) is 1. The van der Waals surface area contributed by atoms with Crippen LogP contribution >= 0.6 is 0 Å². The second-order valence-electron chi connectivity index (χ2n) is 3.59. The van der Waals surface area contributed by atoms with Crippen molar-refractivity contribution in [3.05, 3.63) is 12.7 Å². The van der Waals surface area contributed by atoms with E-state index in [4.69, 9.17) is 10.8 Å². The van der Waals surface area contributed by atoms with Gasteiger partial charge in [-0.15, -0.1) is 6.58 Å². The lowest BCUT2D eigenvalue weighted by molar-refractivity contribution is -0.188. The van der Waals surface area contributed by atoms with Gasteiger partial charge in [0.05, 0.1) is 0 Å². The summed E-state index contributed by atoms with van der Waals surface area (Å²) in [6.45, 7) is 3.70. The van der Waals surface area contributed by atoms with E-state index in [0.29, 0.717) is 6.92 Å². The summed E-state index contributed by atoms with van der Waals surface area (Å²) < 4.78 is 37.1. The van der Waals surface area contributed by atoms with Crippen LogP contribution < -0.4 is 11.1 Å². The Morgan fingerprint density at radius 1 is 1.53 bits per heavy atom. The minimum atomic E-state index is -4.96. The fraction of sp³-hybridized carbons (Fsp3) is 0.556. The Bertz CT molecular complexity index is 326. The van der Waals surface area contributed by atoms with Crippen molar-refractivity contribution in [2.75, 3.05) is 0 Å². The molecule has 98 valence electrons. The van der Waals surface area contributed by atoms with E-state index in [1.165, 1.54) is 6.08 Å². The molecule has 8 heteroatoms. The Morgan fingerprint density at radius 3 is 2.29 bits per heavy atom. The highest BCUT2D eigenvalue weighted by atomic mass is 19.4. The number of rotatable bonds is 5. The number of carboxylic acids is 1. The third-order valence-electron chi connectivity index (χ3n) is 2.07. The van der Waals surface area contributed by atoms with Gasteiger partial charge in [-0.05, 0) is 13.3 Å². The van der Waals surface area contributed by atoms with Gasteiger partial charge >= 0.3 is 12.1 Å². The lowest BCUT2D eigenvalue weighted by atomic mass is 10.0. The van der Waals surface area contributed by atoms with Crippen molar-refractivity contribution >= 4 is 11.9 Å². The minimum Gasteiger partial charge on any atom is -0.480 e. The molecule has 0 heterocycles. The highest BCUT2D eigenvalue weighted by molar-refractivity contribution is 5.90. The van der Waals surface area contributed by atoms with Gasteiger partial charge in [-0.25, -0.2) is 4.79 Å². The second-order valence-corrected chi connectivity index (χ2v) is 3.59. The molecule has 1 amide bonds. The average Bonchev–Trinajstić information content (AvgIpc) is 2.14. The summed E-state index contributed by atoms with van der Waals surface area (Å²) in [5.41, 5.74) is 1.69. The molecule has 0 spiro atoms. The molecule has 0 aliphatic rings.